The fourth-order valence-electron chi connectivity index (χ4n) is 3.46. The van der Waals surface area contributed by atoms with E-state index in [2.05, 4.69) is 37.1 Å². The zero-order valence-corrected chi connectivity index (χ0v) is 20.7. The van der Waals surface area contributed by atoms with Crippen LogP contribution in [0, 0.1) is 5.82 Å². The van der Waals surface area contributed by atoms with Crippen molar-refractivity contribution in [2.75, 3.05) is 45.0 Å². The molecule has 2 N–H and O–H groups in total. The molecule has 0 saturated carbocycles. The van der Waals surface area contributed by atoms with Crippen LogP contribution in [-0.4, -0.2) is 65.1 Å². The van der Waals surface area contributed by atoms with Crippen LogP contribution in [0.4, 0.5) is 21.7 Å². The number of ether oxygens (including phenoxy) is 2. The number of aromatic nitrogens is 4. The number of halogens is 1. The minimum absolute atomic E-state index is 0.242. The Kier molecular flexibility index (Phi) is 7.84. The van der Waals surface area contributed by atoms with Gasteiger partial charge in [0.15, 0.2) is 0 Å². The highest BCUT2D eigenvalue weighted by Crippen LogP contribution is 2.38. The van der Waals surface area contributed by atoms with Crippen molar-refractivity contribution in [1.29, 1.82) is 0 Å². The van der Waals surface area contributed by atoms with Crippen LogP contribution in [0.15, 0.2) is 61.7 Å². The number of methoxy groups -OCH3 is 1. The van der Waals surface area contributed by atoms with Crippen LogP contribution in [0.2, 0.25) is 0 Å². The molecular weight excluding hydrogens is 477 g/mol. The second kappa shape index (κ2) is 11.4. The van der Waals surface area contributed by atoms with Gasteiger partial charge < -0.3 is 25.0 Å². The summed E-state index contributed by atoms with van der Waals surface area (Å²) in [5.74, 6) is 0.252. The molecule has 3 aromatic heterocycles. The lowest BCUT2D eigenvalue weighted by atomic mass is 10.1. The largest absolute Gasteiger partial charge is 0.494 e. The van der Waals surface area contributed by atoms with Crippen LogP contribution in [0.5, 0.6) is 11.5 Å². The number of hydrogen-bond donors (Lipinski definition) is 2. The van der Waals surface area contributed by atoms with Crippen LogP contribution >= 0.6 is 0 Å². The van der Waals surface area contributed by atoms with Gasteiger partial charge in [-0.05, 0) is 38.4 Å². The number of anilines is 3. The van der Waals surface area contributed by atoms with Gasteiger partial charge in [0.2, 0.25) is 11.9 Å². The molecule has 4 rings (SSSR count). The number of nitrogens with one attached hydrogen (secondary N) is 2. The zero-order valence-electron chi connectivity index (χ0n) is 20.7. The van der Waals surface area contributed by atoms with Crippen molar-refractivity contribution < 1.29 is 18.7 Å². The first-order valence-electron chi connectivity index (χ1n) is 11.3. The second-order valence-electron chi connectivity index (χ2n) is 8.20. The van der Waals surface area contributed by atoms with Gasteiger partial charge in [0, 0.05) is 42.2 Å². The second-order valence-corrected chi connectivity index (χ2v) is 8.20. The number of rotatable bonds is 10. The fourth-order valence-corrected chi connectivity index (χ4v) is 3.46. The SMILES string of the molecule is C=CC(=O)Nc1cc(Nc2ncc3ccnc(-c4cncc(F)c4)c3n2)c(OC)cc1OCCN(C)C. The van der Waals surface area contributed by atoms with Gasteiger partial charge in [-0.3, -0.25) is 14.8 Å². The van der Waals surface area contributed by atoms with E-state index in [4.69, 9.17) is 9.47 Å². The first-order valence-corrected chi connectivity index (χ1v) is 11.3. The van der Waals surface area contributed by atoms with Crippen molar-refractivity contribution in [3.05, 3.63) is 67.5 Å². The number of likely N-dealkylation sites (N-methyl/N-ethyl adjacent to an activating group) is 1. The van der Waals surface area contributed by atoms with E-state index in [9.17, 15) is 9.18 Å². The predicted molar refractivity (Wildman–Crippen MR) is 140 cm³/mol. The molecule has 0 aliphatic heterocycles. The molecule has 0 aliphatic carbocycles. The molecule has 0 atom stereocenters. The summed E-state index contributed by atoms with van der Waals surface area (Å²) < 4.78 is 25.3. The van der Waals surface area contributed by atoms with Crippen molar-refractivity contribution in [2.45, 2.75) is 0 Å². The average molecular weight is 504 g/mol. The maximum absolute atomic E-state index is 13.8. The van der Waals surface area contributed by atoms with E-state index in [-0.39, 0.29) is 5.95 Å². The van der Waals surface area contributed by atoms with E-state index in [0.717, 1.165) is 11.6 Å². The quantitative estimate of drug-likeness (QED) is 0.309. The van der Waals surface area contributed by atoms with Crippen molar-refractivity contribution in [3.63, 3.8) is 0 Å². The van der Waals surface area contributed by atoms with Crippen molar-refractivity contribution in [2.24, 2.45) is 0 Å². The molecule has 0 saturated heterocycles. The maximum atomic E-state index is 13.8. The highest BCUT2D eigenvalue weighted by atomic mass is 19.1. The number of nitrogens with zero attached hydrogens (tertiary/aromatic N) is 5. The van der Waals surface area contributed by atoms with Crippen molar-refractivity contribution >= 4 is 34.1 Å². The van der Waals surface area contributed by atoms with Crippen LogP contribution in [0.1, 0.15) is 0 Å². The number of carbonyl (C=O) groups is 1. The zero-order chi connectivity index (χ0) is 26.4. The first-order chi connectivity index (χ1) is 17.9. The molecule has 1 amide bonds. The lowest BCUT2D eigenvalue weighted by Gasteiger charge is -2.18. The number of carbonyl (C=O) groups excluding carboxylic acids is 1. The van der Waals surface area contributed by atoms with Gasteiger partial charge in [0.25, 0.3) is 0 Å². The number of pyridine rings is 2. The third-order valence-electron chi connectivity index (χ3n) is 5.26. The molecule has 4 aromatic rings. The van der Waals surface area contributed by atoms with Gasteiger partial charge in [0.05, 0.1) is 30.4 Å². The van der Waals surface area contributed by atoms with Gasteiger partial charge in [-0.1, -0.05) is 6.58 Å². The Bertz CT molecular complexity index is 1450. The standard InChI is InChI=1S/C26H26FN7O3/c1-5-23(35)31-20-11-19(21(36-4)12-22(20)37-9-8-34(2)3)32-26-30-14-16-6-7-29-24(25(16)33-26)17-10-18(27)15-28-13-17/h5-7,10-15H,1,8-9H2,2-4H3,(H,31,35)(H,30,32,33). The summed E-state index contributed by atoms with van der Waals surface area (Å²) in [5, 5.41) is 6.61. The predicted octanol–water partition coefficient (Wildman–Crippen LogP) is 4.04. The van der Waals surface area contributed by atoms with Gasteiger partial charge >= 0.3 is 0 Å². The smallest absolute Gasteiger partial charge is 0.247 e. The Morgan fingerprint density at radius 3 is 2.70 bits per heavy atom. The maximum Gasteiger partial charge on any atom is 0.247 e. The minimum atomic E-state index is -0.476. The summed E-state index contributed by atoms with van der Waals surface area (Å²) >= 11 is 0. The molecule has 37 heavy (non-hydrogen) atoms. The lowest BCUT2D eigenvalue weighted by molar-refractivity contribution is -0.111. The Hall–Kier alpha value is -4.64. The van der Waals surface area contributed by atoms with Crippen LogP contribution in [-0.2, 0) is 4.79 Å². The lowest BCUT2D eigenvalue weighted by Crippen LogP contribution is -2.20. The molecule has 0 unspecified atom stereocenters. The summed E-state index contributed by atoms with van der Waals surface area (Å²) in [4.78, 5) is 31.4. The van der Waals surface area contributed by atoms with E-state index < -0.39 is 11.7 Å². The summed E-state index contributed by atoms with van der Waals surface area (Å²) in [6, 6.07) is 6.44. The summed E-state index contributed by atoms with van der Waals surface area (Å²) in [6.45, 7) is 4.59. The third kappa shape index (κ3) is 6.14. The Labute approximate surface area is 213 Å². The van der Waals surface area contributed by atoms with E-state index in [0.29, 0.717) is 52.8 Å². The summed E-state index contributed by atoms with van der Waals surface area (Å²) in [7, 11) is 5.39. The molecular formula is C26H26FN7O3. The van der Waals surface area contributed by atoms with Crippen LogP contribution in [0.25, 0.3) is 22.2 Å². The average Bonchev–Trinajstić information content (AvgIpc) is 2.89. The Morgan fingerprint density at radius 1 is 1.14 bits per heavy atom. The molecule has 3 heterocycles. The van der Waals surface area contributed by atoms with Gasteiger partial charge in [-0.2, -0.15) is 0 Å². The molecule has 11 heteroatoms. The number of hydrogen-bond acceptors (Lipinski definition) is 9. The van der Waals surface area contributed by atoms with Crippen molar-refractivity contribution in [3.8, 4) is 22.8 Å². The normalized spacial score (nSPS) is 10.8. The van der Waals surface area contributed by atoms with Gasteiger partial charge in [-0.25, -0.2) is 14.4 Å². The van der Waals surface area contributed by atoms with E-state index in [1.807, 2.05) is 19.0 Å². The highest BCUT2D eigenvalue weighted by molar-refractivity contribution is 6.00. The molecule has 1 aromatic carbocycles. The molecule has 0 aliphatic rings. The highest BCUT2D eigenvalue weighted by Gasteiger charge is 2.16. The third-order valence-corrected chi connectivity index (χ3v) is 5.26. The summed E-state index contributed by atoms with van der Waals surface area (Å²) in [6.07, 6.45) is 7.05. The van der Waals surface area contributed by atoms with Crippen LogP contribution < -0.4 is 20.1 Å². The number of fused-ring (bicyclic) bond motifs is 1. The fraction of sp³-hybridized carbons (Fsp3) is 0.192. The number of amides is 1. The Balaban J connectivity index is 1.72. The first kappa shape index (κ1) is 25.5. The topological polar surface area (TPSA) is 114 Å². The van der Waals surface area contributed by atoms with Crippen molar-refractivity contribution in [1.82, 2.24) is 24.8 Å². The molecule has 0 bridgehead atoms. The summed E-state index contributed by atoms with van der Waals surface area (Å²) in [5.41, 5.74) is 2.36. The van der Waals surface area contributed by atoms with E-state index in [1.54, 1.807) is 30.6 Å². The van der Waals surface area contributed by atoms with E-state index in [1.165, 1.54) is 25.4 Å². The van der Waals surface area contributed by atoms with Gasteiger partial charge in [-0.15, -0.1) is 0 Å². The molecule has 0 spiro atoms. The van der Waals surface area contributed by atoms with Gasteiger partial charge in [0.1, 0.15) is 29.4 Å². The molecule has 10 nitrogen and oxygen atoms in total. The van der Waals surface area contributed by atoms with E-state index >= 15 is 0 Å². The number of benzene rings is 1. The monoisotopic (exact) mass is 503 g/mol. The van der Waals surface area contributed by atoms with Crippen LogP contribution in [0.3, 0.4) is 0 Å². The minimum Gasteiger partial charge on any atom is -0.494 e. The molecule has 190 valence electrons. The Morgan fingerprint density at radius 2 is 1.97 bits per heavy atom. The molecule has 0 radical (unpaired) electrons. The molecule has 0 fully saturated rings.